The van der Waals surface area contributed by atoms with E-state index < -0.39 is 10.2 Å². The minimum Gasteiger partial charge on any atom is -0.329 e. The van der Waals surface area contributed by atoms with Crippen molar-refractivity contribution in [3.8, 4) is 0 Å². The maximum atomic E-state index is 12.0. The van der Waals surface area contributed by atoms with Gasteiger partial charge in [-0.3, -0.25) is 0 Å². The summed E-state index contributed by atoms with van der Waals surface area (Å²) < 4.78 is 26.7. The maximum absolute atomic E-state index is 12.0. The molecule has 0 unspecified atom stereocenters. The molecular formula is C12H21N3O2S. The molecule has 0 aliphatic rings. The fraction of sp³-hybridized carbons (Fsp3) is 0.500. The molecule has 0 bridgehead atoms. The Morgan fingerprint density at radius 2 is 1.72 bits per heavy atom. The lowest BCUT2D eigenvalue weighted by atomic mass is 10.1. The fourth-order valence-electron chi connectivity index (χ4n) is 1.62. The summed E-state index contributed by atoms with van der Waals surface area (Å²) in [5.74, 6) is 0. The van der Waals surface area contributed by atoms with Crippen LogP contribution in [0.4, 0.5) is 0 Å². The molecule has 0 aliphatic heterocycles. The van der Waals surface area contributed by atoms with Gasteiger partial charge in [0.2, 0.25) is 0 Å². The van der Waals surface area contributed by atoms with Crippen molar-refractivity contribution in [1.29, 1.82) is 0 Å². The van der Waals surface area contributed by atoms with Crippen LogP contribution in [0, 0.1) is 0 Å². The van der Waals surface area contributed by atoms with Crippen LogP contribution in [-0.2, 0) is 16.6 Å². The van der Waals surface area contributed by atoms with Crippen molar-refractivity contribution in [2.24, 2.45) is 5.73 Å². The summed E-state index contributed by atoms with van der Waals surface area (Å²) in [5, 5.41) is 0. The van der Waals surface area contributed by atoms with Crippen LogP contribution < -0.4 is 5.73 Å². The van der Waals surface area contributed by atoms with E-state index in [1.54, 1.807) is 0 Å². The van der Waals surface area contributed by atoms with Gasteiger partial charge in [0.15, 0.2) is 0 Å². The molecule has 18 heavy (non-hydrogen) atoms. The maximum Gasteiger partial charge on any atom is 0.281 e. The number of hydrogen-bond donors (Lipinski definition) is 1. The number of rotatable bonds is 7. The van der Waals surface area contributed by atoms with Crippen LogP contribution >= 0.6 is 0 Å². The molecule has 0 aliphatic carbocycles. The zero-order valence-corrected chi connectivity index (χ0v) is 11.7. The minimum absolute atomic E-state index is 0.321. The van der Waals surface area contributed by atoms with Gasteiger partial charge in [0.05, 0.1) is 0 Å². The van der Waals surface area contributed by atoms with Crippen LogP contribution in [-0.4, -0.2) is 50.8 Å². The zero-order valence-electron chi connectivity index (χ0n) is 10.9. The van der Waals surface area contributed by atoms with E-state index in [0.717, 1.165) is 5.56 Å². The van der Waals surface area contributed by atoms with Crippen molar-refractivity contribution < 1.29 is 8.42 Å². The van der Waals surface area contributed by atoms with E-state index in [1.807, 2.05) is 30.3 Å². The second-order valence-electron chi connectivity index (χ2n) is 4.21. The number of nitrogens with zero attached hydrogens (tertiary/aromatic N) is 2. The van der Waals surface area contributed by atoms with E-state index in [1.165, 1.54) is 22.7 Å². The van der Waals surface area contributed by atoms with Gasteiger partial charge in [-0.1, -0.05) is 30.3 Å². The summed E-state index contributed by atoms with van der Waals surface area (Å²) in [6.45, 7) is 1.11. The molecular weight excluding hydrogens is 250 g/mol. The van der Waals surface area contributed by atoms with Crippen molar-refractivity contribution in [1.82, 2.24) is 8.61 Å². The highest BCUT2D eigenvalue weighted by atomic mass is 32.2. The van der Waals surface area contributed by atoms with Crippen LogP contribution in [0.2, 0.25) is 0 Å². The largest absolute Gasteiger partial charge is 0.329 e. The molecule has 0 atom stereocenters. The smallest absolute Gasteiger partial charge is 0.281 e. The summed E-state index contributed by atoms with van der Waals surface area (Å²) in [6.07, 6.45) is 0.688. The summed E-state index contributed by atoms with van der Waals surface area (Å²) in [5.41, 5.74) is 6.59. The van der Waals surface area contributed by atoms with Crippen molar-refractivity contribution in [2.45, 2.75) is 6.42 Å². The number of nitrogens with two attached hydrogens (primary N) is 1. The fourth-order valence-corrected chi connectivity index (χ4v) is 2.74. The third-order valence-corrected chi connectivity index (χ3v) is 4.60. The molecule has 0 spiro atoms. The van der Waals surface area contributed by atoms with Crippen LogP contribution in [0.3, 0.4) is 0 Å². The minimum atomic E-state index is -3.38. The van der Waals surface area contributed by atoms with Crippen molar-refractivity contribution in [3.63, 3.8) is 0 Å². The van der Waals surface area contributed by atoms with Crippen LogP contribution in [0.25, 0.3) is 0 Å². The molecule has 0 radical (unpaired) electrons. The molecule has 102 valence electrons. The summed E-state index contributed by atoms with van der Waals surface area (Å²) >= 11 is 0. The Labute approximate surface area is 109 Å². The molecule has 6 heteroatoms. The Balaban J connectivity index is 2.70. The SMILES string of the molecule is CN(C)S(=O)(=O)N(CCN)CCc1ccccc1. The van der Waals surface area contributed by atoms with Crippen molar-refractivity contribution in [3.05, 3.63) is 35.9 Å². The lowest BCUT2D eigenvalue weighted by Gasteiger charge is -2.24. The molecule has 0 saturated heterocycles. The topological polar surface area (TPSA) is 66.6 Å². The lowest BCUT2D eigenvalue weighted by molar-refractivity contribution is 0.382. The highest BCUT2D eigenvalue weighted by Crippen LogP contribution is 2.07. The first kappa shape index (κ1) is 15.1. The first-order valence-electron chi connectivity index (χ1n) is 5.90. The average molecular weight is 271 g/mol. The Kier molecular flexibility index (Phi) is 5.74. The van der Waals surface area contributed by atoms with Gasteiger partial charge < -0.3 is 5.73 Å². The molecule has 0 amide bonds. The van der Waals surface area contributed by atoms with Crippen LogP contribution in [0.1, 0.15) is 5.56 Å². The molecule has 1 aromatic carbocycles. The molecule has 2 N–H and O–H groups in total. The van der Waals surface area contributed by atoms with Gasteiger partial charge >= 0.3 is 0 Å². The van der Waals surface area contributed by atoms with Crippen molar-refractivity contribution in [2.75, 3.05) is 33.7 Å². The van der Waals surface area contributed by atoms with Gasteiger partial charge in [0, 0.05) is 33.7 Å². The van der Waals surface area contributed by atoms with Gasteiger partial charge in [-0.15, -0.1) is 0 Å². The summed E-state index contributed by atoms with van der Waals surface area (Å²) in [6, 6.07) is 9.82. The average Bonchev–Trinajstić information content (AvgIpc) is 2.35. The Morgan fingerprint density at radius 1 is 1.11 bits per heavy atom. The summed E-state index contributed by atoms with van der Waals surface area (Å²) in [7, 11) is -0.326. The molecule has 0 fully saturated rings. The number of hydrogen-bond acceptors (Lipinski definition) is 3. The van der Waals surface area contributed by atoms with Gasteiger partial charge in [0.1, 0.15) is 0 Å². The standard InChI is InChI=1S/C12H21N3O2S/c1-14(2)18(16,17)15(11-9-13)10-8-12-6-4-3-5-7-12/h3-7H,8-11,13H2,1-2H3. The highest BCUT2D eigenvalue weighted by Gasteiger charge is 2.23. The summed E-state index contributed by atoms with van der Waals surface area (Å²) in [4.78, 5) is 0. The third kappa shape index (κ3) is 4.06. The second-order valence-corrected chi connectivity index (χ2v) is 6.36. The van der Waals surface area contributed by atoms with E-state index in [0.29, 0.717) is 26.1 Å². The Hall–Kier alpha value is -0.950. The predicted molar refractivity (Wildman–Crippen MR) is 73.4 cm³/mol. The van der Waals surface area contributed by atoms with Gasteiger partial charge in [-0.2, -0.15) is 17.0 Å². The molecule has 0 aromatic heterocycles. The Bertz CT molecular complexity index is 446. The van der Waals surface area contributed by atoms with E-state index >= 15 is 0 Å². The van der Waals surface area contributed by atoms with Crippen LogP contribution in [0.15, 0.2) is 30.3 Å². The van der Waals surface area contributed by atoms with E-state index in [-0.39, 0.29) is 0 Å². The molecule has 5 nitrogen and oxygen atoms in total. The van der Waals surface area contributed by atoms with E-state index in [4.69, 9.17) is 5.73 Å². The van der Waals surface area contributed by atoms with Gasteiger partial charge in [-0.25, -0.2) is 0 Å². The lowest BCUT2D eigenvalue weighted by Crippen LogP contribution is -2.43. The van der Waals surface area contributed by atoms with E-state index in [9.17, 15) is 8.42 Å². The number of benzene rings is 1. The highest BCUT2D eigenvalue weighted by molar-refractivity contribution is 7.86. The molecule has 1 rings (SSSR count). The van der Waals surface area contributed by atoms with E-state index in [2.05, 4.69) is 0 Å². The quantitative estimate of drug-likeness (QED) is 0.775. The van der Waals surface area contributed by atoms with Gasteiger partial charge in [-0.05, 0) is 12.0 Å². The zero-order chi connectivity index (χ0) is 13.6. The first-order chi connectivity index (χ1) is 8.48. The second kappa shape index (κ2) is 6.84. The van der Waals surface area contributed by atoms with Crippen LogP contribution in [0.5, 0.6) is 0 Å². The third-order valence-electron chi connectivity index (χ3n) is 2.66. The molecule has 1 aromatic rings. The Morgan fingerprint density at radius 3 is 2.22 bits per heavy atom. The normalized spacial score (nSPS) is 12.3. The predicted octanol–water partition coefficient (Wildman–Crippen LogP) is 0.296. The molecule has 0 heterocycles. The molecule has 0 saturated carbocycles. The van der Waals surface area contributed by atoms with Crippen molar-refractivity contribution >= 4 is 10.2 Å². The first-order valence-corrected chi connectivity index (χ1v) is 7.29. The monoisotopic (exact) mass is 271 g/mol. The van der Waals surface area contributed by atoms with Gasteiger partial charge in [0.25, 0.3) is 10.2 Å².